The molecule has 2 aromatic carbocycles. The molecular formula is C23H22ClN5O4. The molecule has 0 bridgehead atoms. The van der Waals surface area contributed by atoms with Gasteiger partial charge in [0.1, 0.15) is 6.04 Å². The van der Waals surface area contributed by atoms with E-state index < -0.39 is 23.9 Å². The smallest absolute Gasteiger partial charge is 0.319 e. The van der Waals surface area contributed by atoms with E-state index in [9.17, 15) is 19.2 Å². The highest BCUT2D eigenvalue weighted by atomic mass is 35.5. The third-order valence-corrected chi connectivity index (χ3v) is 4.89. The molecule has 0 saturated carbocycles. The fourth-order valence-electron chi connectivity index (χ4n) is 2.99. The first-order valence-corrected chi connectivity index (χ1v) is 10.4. The molecule has 0 saturated heterocycles. The summed E-state index contributed by atoms with van der Waals surface area (Å²) in [6.45, 7) is 0. The van der Waals surface area contributed by atoms with Gasteiger partial charge in [-0.1, -0.05) is 17.7 Å². The molecule has 0 fully saturated rings. The van der Waals surface area contributed by atoms with E-state index in [-0.39, 0.29) is 18.4 Å². The first-order valence-electron chi connectivity index (χ1n) is 10.0. The van der Waals surface area contributed by atoms with Crippen molar-refractivity contribution in [3.8, 4) is 5.69 Å². The van der Waals surface area contributed by atoms with Crippen LogP contribution in [0.5, 0.6) is 0 Å². The second-order valence-electron chi connectivity index (χ2n) is 7.11. The Kier molecular flexibility index (Phi) is 7.82. The van der Waals surface area contributed by atoms with Crippen LogP contribution in [0.2, 0.25) is 5.02 Å². The summed E-state index contributed by atoms with van der Waals surface area (Å²) in [7, 11) is 0. The predicted octanol–water partition coefficient (Wildman–Crippen LogP) is 2.89. The van der Waals surface area contributed by atoms with E-state index in [2.05, 4.69) is 16.0 Å². The lowest BCUT2D eigenvalue weighted by molar-refractivity contribution is -0.119. The molecule has 0 radical (unpaired) electrons. The van der Waals surface area contributed by atoms with Gasteiger partial charge in [-0.25, -0.2) is 4.79 Å². The van der Waals surface area contributed by atoms with Gasteiger partial charge in [0, 0.05) is 40.8 Å². The third kappa shape index (κ3) is 6.94. The van der Waals surface area contributed by atoms with Gasteiger partial charge in [-0.05, 0) is 61.0 Å². The van der Waals surface area contributed by atoms with Crippen LogP contribution < -0.4 is 27.2 Å². The van der Waals surface area contributed by atoms with Gasteiger partial charge in [-0.2, -0.15) is 0 Å². The van der Waals surface area contributed by atoms with Crippen LogP contribution in [0.25, 0.3) is 5.69 Å². The van der Waals surface area contributed by atoms with Gasteiger partial charge < -0.3 is 21.7 Å². The molecule has 9 nitrogen and oxygen atoms in total. The van der Waals surface area contributed by atoms with Crippen LogP contribution in [0.3, 0.4) is 0 Å². The third-order valence-electron chi connectivity index (χ3n) is 4.64. The maximum atomic E-state index is 12.8. The lowest BCUT2D eigenvalue weighted by Crippen LogP contribution is -2.46. The Labute approximate surface area is 194 Å². The topological polar surface area (TPSA) is 135 Å². The Bertz CT molecular complexity index is 1190. The van der Waals surface area contributed by atoms with Crippen molar-refractivity contribution in [2.45, 2.75) is 18.9 Å². The number of benzene rings is 2. The molecule has 1 aromatic heterocycles. The molecular weight excluding hydrogens is 446 g/mol. The van der Waals surface area contributed by atoms with E-state index in [0.29, 0.717) is 22.1 Å². The normalized spacial score (nSPS) is 11.3. The highest BCUT2D eigenvalue weighted by Crippen LogP contribution is 2.15. The number of urea groups is 1. The van der Waals surface area contributed by atoms with Crippen molar-refractivity contribution in [3.63, 3.8) is 0 Å². The molecule has 0 spiro atoms. The number of nitrogens with zero attached hydrogens (tertiary/aromatic N) is 1. The van der Waals surface area contributed by atoms with Crippen molar-refractivity contribution >= 4 is 40.8 Å². The van der Waals surface area contributed by atoms with Crippen molar-refractivity contribution in [2.75, 3.05) is 10.6 Å². The minimum atomic E-state index is -1.01. The zero-order chi connectivity index (χ0) is 23.8. The number of carbonyl (C=O) groups excluding carboxylic acids is 3. The maximum Gasteiger partial charge on any atom is 0.319 e. The van der Waals surface area contributed by atoms with Crippen LogP contribution in [0.4, 0.5) is 16.2 Å². The zero-order valence-corrected chi connectivity index (χ0v) is 18.2. The van der Waals surface area contributed by atoms with Crippen LogP contribution in [-0.4, -0.2) is 28.5 Å². The molecule has 3 aromatic rings. The number of primary amides is 1. The Morgan fingerprint density at radius 3 is 2.18 bits per heavy atom. The van der Waals surface area contributed by atoms with E-state index >= 15 is 0 Å². The van der Waals surface area contributed by atoms with E-state index in [4.69, 9.17) is 17.3 Å². The average molecular weight is 468 g/mol. The van der Waals surface area contributed by atoms with Gasteiger partial charge in [0.25, 0.3) is 5.56 Å². The number of aromatic nitrogens is 1. The van der Waals surface area contributed by atoms with Crippen molar-refractivity contribution in [3.05, 3.63) is 88.3 Å². The number of hydrogen-bond donors (Lipinski definition) is 4. The number of pyridine rings is 1. The molecule has 170 valence electrons. The number of nitrogens with one attached hydrogen (secondary N) is 3. The van der Waals surface area contributed by atoms with Gasteiger partial charge in [-0.15, -0.1) is 0 Å². The quantitative estimate of drug-likeness (QED) is 0.405. The van der Waals surface area contributed by atoms with Crippen LogP contribution in [0, 0.1) is 0 Å². The number of hydrogen-bond acceptors (Lipinski definition) is 4. The summed E-state index contributed by atoms with van der Waals surface area (Å²) >= 11 is 5.83. The first-order chi connectivity index (χ1) is 15.8. The van der Waals surface area contributed by atoms with E-state index in [1.54, 1.807) is 66.9 Å². The zero-order valence-electron chi connectivity index (χ0n) is 17.5. The number of anilines is 2. The minimum Gasteiger partial charge on any atom is -0.370 e. The number of rotatable bonds is 8. The van der Waals surface area contributed by atoms with Crippen molar-refractivity contribution in [1.29, 1.82) is 0 Å². The molecule has 0 aliphatic rings. The predicted molar refractivity (Wildman–Crippen MR) is 126 cm³/mol. The van der Waals surface area contributed by atoms with E-state index in [1.165, 1.54) is 10.6 Å². The lowest BCUT2D eigenvalue weighted by atomic mass is 10.1. The summed E-state index contributed by atoms with van der Waals surface area (Å²) in [5.41, 5.74) is 6.59. The van der Waals surface area contributed by atoms with E-state index in [1.807, 2.05) is 0 Å². The standard InChI is InChI=1S/C23H22ClN5O4/c24-15-4-6-17(7-5-15)27-23(33)28-19(12-13-20(25)30)22(32)26-16-8-10-18(11-9-16)29-14-2-1-3-21(29)31/h1-11,14,19H,12-13H2,(H2,25,30)(H,26,32)(H2,27,28,33). The molecule has 10 heteroatoms. The first kappa shape index (κ1) is 23.6. The van der Waals surface area contributed by atoms with Gasteiger partial charge in [0.15, 0.2) is 0 Å². The summed E-state index contributed by atoms with van der Waals surface area (Å²) in [5.74, 6) is -1.11. The second kappa shape index (κ2) is 11.0. The Morgan fingerprint density at radius 1 is 0.909 bits per heavy atom. The van der Waals surface area contributed by atoms with Crippen molar-refractivity contribution < 1.29 is 14.4 Å². The molecule has 0 aliphatic heterocycles. The number of carbonyl (C=O) groups is 3. The summed E-state index contributed by atoms with van der Waals surface area (Å²) in [5, 5.41) is 8.37. The molecule has 5 N–H and O–H groups in total. The maximum absolute atomic E-state index is 12.8. The number of nitrogens with two attached hydrogens (primary N) is 1. The summed E-state index contributed by atoms with van der Waals surface area (Å²) in [6, 6.07) is 16.3. The molecule has 0 aliphatic carbocycles. The summed E-state index contributed by atoms with van der Waals surface area (Å²) in [6.07, 6.45) is 1.57. The van der Waals surface area contributed by atoms with Crippen LogP contribution in [0.15, 0.2) is 77.7 Å². The highest BCUT2D eigenvalue weighted by molar-refractivity contribution is 6.30. The van der Waals surface area contributed by atoms with Gasteiger partial charge in [0.05, 0.1) is 0 Å². The molecule has 33 heavy (non-hydrogen) atoms. The minimum absolute atomic E-state index is 0.0205. The molecule has 1 unspecified atom stereocenters. The van der Waals surface area contributed by atoms with Crippen LogP contribution in [0.1, 0.15) is 12.8 Å². The van der Waals surface area contributed by atoms with Crippen molar-refractivity contribution in [1.82, 2.24) is 9.88 Å². The fourth-order valence-corrected chi connectivity index (χ4v) is 3.12. The lowest BCUT2D eigenvalue weighted by Gasteiger charge is -2.18. The Hall–Kier alpha value is -4.11. The molecule has 1 atom stereocenters. The van der Waals surface area contributed by atoms with Gasteiger partial charge >= 0.3 is 6.03 Å². The highest BCUT2D eigenvalue weighted by Gasteiger charge is 2.22. The van der Waals surface area contributed by atoms with Gasteiger partial charge in [-0.3, -0.25) is 19.0 Å². The fraction of sp³-hybridized carbons (Fsp3) is 0.130. The molecule has 1 heterocycles. The largest absolute Gasteiger partial charge is 0.370 e. The molecule has 3 rings (SSSR count). The SMILES string of the molecule is NC(=O)CCC(NC(=O)Nc1ccc(Cl)cc1)C(=O)Nc1ccc(-n2ccccc2=O)cc1. The summed E-state index contributed by atoms with van der Waals surface area (Å²) < 4.78 is 1.46. The van der Waals surface area contributed by atoms with Crippen LogP contribution >= 0.6 is 11.6 Å². The number of halogens is 1. The second-order valence-corrected chi connectivity index (χ2v) is 7.54. The van der Waals surface area contributed by atoms with Crippen molar-refractivity contribution in [2.24, 2.45) is 5.73 Å². The Balaban J connectivity index is 1.67. The van der Waals surface area contributed by atoms with Crippen LogP contribution in [-0.2, 0) is 9.59 Å². The Morgan fingerprint density at radius 2 is 1.55 bits per heavy atom. The van der Waals surface area contributed by atoms with E-state index in [0.717, 1.165) is 0 Å². The molecule has 4 amide bonds. The van der Waals surface area contributed by atoms with Gasteiger partial charge in [0.2, 0.25) is 11.8 Å². The number of amides is 4. The monoisotopic (exact) mass is 467 g/mol. The average Bonchev–Trinajstić information content (AvgIpc) is 2.79. The summed E-state index contributed by atoms with van der Waals surface area (Å²) in [4.78, 5) is 48.3.